The van der Waals surface area contributed by atoms with E-state index in [9.17, 15) is 0 Å². The Bertz CT molecular complexity index is 620. The van der Waals surface area contributed by atoms with E-state index >= 15 is 0 Å². The summed E-state index contributed by atoms with van der Waals surface area (Å²) in [6.45, 7) is 2.42. The number of hydrogen-bond acceptors (Lipinski definition) is 5. The van der Waals surface area contributed by atoms with Gasteiger partial charge in [-0.3, -0.25) is 0 Å². The minimum atomic E-state index is 0.200. The minimum absolute atomic E-state index is 0.200. The van der Waals surface area contributed by atoms with Gasteiger partial charge in [0.1, 0.15) is 11.8 Å². The van der Waals surface area contributed by atoms with Crippen molar-refractivity contribution in [3.8, 4) is 23.4 Å². The van der Waals surface area contributed by atoms with Gasteiger partial charge in [-0.05, 0) is 25.1 Å². The lowest BCUT2D eigenvalue weighted by molar-refractivity contribution is 0.320. The van der Waals surface area contributed by atoms with Crippen molar-refractivity contribution in [3.05, 3.63) is 42.1 Å². The largest absolute Gasteiger partial charge is 0.490 e. The molecule has 1 aromatic carbocycles. The van der Waals surface area contributed by atoms with Gasteiger partial charge in [0.05, 0.1) is 12.2 Å². The highest BCUT2D eigenvalue weighted by atomic mass is 16.5. The van der Waals surface area contributed by atoms with Crippen LogP contribution in [0.3, 0.4) is 0 Å². The van der Waals surface area contributed by atoms with Gasteiger partial charge >= 0.3 is 0 Å². The third kappa shape index (κ3) is 2.75. The van der Waals surface area contributed by atoms with Crippen LogP contribution in [-0.4, -0.2) is 11.6 Å². The monoisotopic (exact) mass is 255 g/mol. The van der Waals surface area contributed by atoms with Gasteiger partial charge in [0.15, 0.2) is 11.5 Å². The molecular weight excluding hydrogens is 242 g/mol. The number of rotatable bonds is 4. The normalized spacial score (nSPS) is 9.68. The van der Waals surface area contributed by atoms with Gasteiger partial charge in [-0.2, -0.15) is 5.26 Å². The second kappa shape index (κ2) is 5.74. The van der Waals surface area contributed by atoms with Crippen molar-refractivity contribution in [1.29, 1.82) is 5.26 Å². The molecule has 0 bridgehead atoms. The highest BCUT2D eigenvalue weighted by Gasteiger charge is 2.11. The van der Waals surface area contributed by atoms with Gasteiger partial charge in [-0.25, -0.2) is 4.98 Å². The molecule has 2 rings (SSSR count). The van der Waals surface area contributed by atoms with Crippen LogP contribution >= 0.6 is 0 Å². The fourth-order valence-electron chi connectivity index (χ4n) is 1.55. The van der Waals surface area contributed by atoms with Crippen LogP contribution in [0.4, 0.5) is 5.69 Å². The van der Waals surface area contributed by atoms with Gasteiger partial charge in [0.2, 0.25) is 5.88 Å². The number of ether oxygens (including phenoxy) is 2. The fourth-order valence-corrected chi connectivity index (χ4v) is 1.55. The van der Waals surface area contributed by atoms with Crippen molar-refractivity contribution < 1.29 is 9.47 Å². The third-order valence-electron chi connectivity index (χ3n) is 2.43. The van der Waals surface area contributed by atoms with Crippen LogP contribution in [-0.2, 0) is 0 Å². The molecule has 0 aliphatic carbocycles. The summed E-state index contributed by atoms with van der Waals surface area (Å²) in [5.41, 5.74) is 6.37. The van der Waals surface area contributed by atoms with Crippen molar-refractivity contribution in [2.45, 2.75) is 6.92 Å². The molecule has 0 radical (unpaired) electrons. The second-order valence-corrected chi connectivity index (χ2v) is 3.67. The number of benzene rings is 1. The number of para-hydroxylation sites is 2. The van der Waals surface area contributed by atoms with E-state index in [4.69, 9.17) is 20.5 Å². The molecule has 1 heterocycles. The molecule has 0 aliphatic heterocycles. The smallest absolute Gasteiger partial charge is 0.244 e. The zero-order chi connectivity index (χ0) is 13.7. The molecule has 5 heteroatoms. The molecule has 2 N–H and O–H groups in total. The molecule has 96 valence electrons. The van der Waals surface area contributed by atoms with Crippen molar-refractivity contribution in [3.63, 3.8) is 0 Å². The summed E-state index contributed by atoms with van der Waals surface area (Å²) in [4.78, 5) is 4.03. The highest BCUT2D eigenvalue weighted by Crippen LogP contribution is 2.33. The first-order valence-electron chi connectivity index (χ1n) is 5.80. The number of hydrogen-bond donors (Lipinski definition) is 1. The number of aromatic nitrogens is 1. The first-order valence-corrected chi connectivity index (χ1v) is 5.80. The summed E-state index contributed by atoms with van der Waals surface area (Å²) in [6, 6.07) is 10.7. The predicted molar refractivity (Wildman–Crippen MR) is 71.0 cm³/mol. The van der Waals surface area contributed by atoms with Crippen LogP contribution in [0.2, 0.25) is 0 Å². The van der Waals surface area contributed by atoms with Gasteiger partial charge in [-0.1, -0.05) is 12.1 Å². The SMILES string of the molecule is CCOc1ccccc1Oc1nccc(C#N)c1N. The number of nitrogen functional groups attached to an aromatic ring is 1. The number of anilines is 1. The Morgan fingerprint density at radius 2 is 2.00 bits per heavy atom. The number of nitrogens with zero attached hydrogens (tertiary/aromatic N) is 2. The highest BCUT2D eigenvalue weighted by molar-refractivity contribution is 5.61. The first-order chi connectivity index (χ1) is 9.26. The average Bonchev–Trinajstić information content (AvgIpc) is 2.43. The molecule has 5 nitrogen and oxygen atoms in total. The topological polar surface area (TPSA) is 81.2 Å². The molecule has 0 unspecified atom stereocenters. The standard InChI is InChI=1S/C14H13N3O2/c1-2-18-11-5-3-4-6-12(11)19-14-13(16)10(9-15)7-8-17-14/h3-8H,2,16H2,1H3. The Morgan fingerprint density at radius 3 is 2.68 bits per heavy atom. The van der Waals surface area contributed by atoms with Crippen LogP contribution < -0.4 is 15.2 Å². The maximum Gasteiger partial charge on any atom is 0.244 e. The van der Waals surface area contributed by atoms with Gasteiger partial charge in [0.25, 0.3) is 0 Å². The Labute approximate surface area is 111 Å². The Hall–Kier alpha value is -2.74. The minimum Gasteiger partial charge on any atom is -0.490 e. The second-order valence-electron chi connectivity index (χ2n) is 3.67. The third-order valence-corrected chi connectivity index (χ3v) is 2.43. The number of pyridine rings is 1. The lowest BCUT2D eigenvalue weighted by Crippen LogP contribution is -1.99. The van der Waals surface area contributed by atoms with E-state index in [2.05, 4.69) is 4.98 Å². The summed E-state index contributed by atoms with van der Waals surface area (Å²) in [6.07, 6.45) is 1.48. The fraction of sp³-hybridized carbons (Fsp3) is 0.143. The van der Waals surface area contributed by atoms with Gasteiger partial charge < -0.3 is 15.2 Å². The van der Waals surface area contributed by atoms with Gasteiger partial charge in [0, 0.05) is 6.20 Å². The Balaban J connectivity index is 2.34. The van der Waals surface area contributed by atoms with Crippen LogP contribution in [0.5, 0.6) is 17.4 Å². The van der Waals surface area contributed by atoms with Gasteiger partial charge in [-0.15, -0.1) is 0 Å². The van der Waals surface area contributed by atoms with Crippen molar-refractivity contribution in [2.24, 2.45) is 0 Å². The molecule has 2 aromatic rings. The first kappa shape index (κ1) is 12.7. The molecule has 0 spiro atoms. The molecule has 0 amide bonds. The van der Waals surface area contributed by atoms with Crippen molar-refractivity contribution >= 4 is 5.69 Å². The van der Waals surface area contributed by atoms with E-state index in [1.807, 2.05) is 25.1 Å². The van der Waals surface area contributed by atoms with Crippen molar-refractivity contribution in [2.75, 3.05) is 12.3 Å². The molecular formula is C14H13N3O2. The number of nitriles is 1. The summed E-state index contributed by atoms with van der Waals surface area (Å²) in [5, 5.41) is 8.91. The number of nitrogens with two attached hydrogens (primary N) is 1. The molecule has 0 atom stereocenters. The maximum atomic E-state index is 8.91. The zero-order valence-electron chi connectivity index (χ0n) is 10.5. The molecule has 0 saturated carbocycles. The summed E-state index contributed by atoms with van der Waals surface area (Å²) >= 11 is 0. The van der Waals surface area contributed by atoms with Crippen LogP contribution in [0.25, 0.3) is 0 Å². The van der Waals surface area contributed by atoms with E-state index in [0.29, 0.717) is 23.7 Å². The van der Waals surface area contributed by atoms with E-state index in [1.165, 1.54) is 12.3 Å². The Kier molecular flexibility index (Phi) is 3.84. The lowest BCUT2D eigenvalue weighted by atomic mass is 10.2. The van der Waals surface area contributed by atoms with Crippen molar-refractivity contribution in [1.82, 2.24) is 4.98 Å². The van der Waals surface area contributed by atoms with Crippen LogP contribution in [0.15, 0.2) is 36.5 Å². The molecule has 0 aliphatic rings. The Morgan fingerprint density at radius 1 is 1.26 bits per heavy atom. The molecule has 0 saturated heterocycles. The van der Waals surface area contributed by atoms with E-state index < -0.39 is 0 Å². The quantitative estimate of drug-likeness (QED) is 0.908. The zero-order valence-corrected chi connectivity index (χ0v) is 10.5. The molecule has 19 heavy (non-hydrogen) atoms. The van der Waals surface area contributed by atoms with Crippen LogP contribution in [0.1, 0.15) is 12.5 Å². The van der Waals surface area contributed by atoms with E-state index in [-0.39, 0.29) is 11.6 Å². The summed E-state index contributed by atoms with van der Waals surface area (Å²) in [5.74, 6) is 1.32. The average molecular weight is 255 g/mol. The summed E-state index contributed by atoms with van der Waals surface area (Å²) in [7, 11) is 0. The molecule has 0 fully saturated rings. The van der Waals surface area contributed by atoms with Crippen LogP contribution in [0, 0.1) is 11.3 Å². The molecule has 1 aromatic heterocycles. The lowest BCUT2D eigenvalue weighted by Gasteiger charge is -2.12. The summed E-state index contributed by atoms with van der Waals surface area (Å²) < 4.78 is 11.1. The maximum absolute atomic E-state index is 8.91. The van der Waals surface area contributed by atoms with E-state index in [1.54, 1.807) is 12.1 Å². The van der Waals surface area contributed by atoms with E-state index in [0.717, 1.165) is 0 Å². The predicted octanol–water partition coefficient (Wildman–Crippen LogP) is 2.73.